The number of aliphatic hydroxyl groups excluding tert-OH is 1. The van der Waals surface area contributed by atoms with Crippen LogP contribution in [0, 0.1) is 5.82 Å². The lowest BCUT2D eigenvalue weighted by atomic mass is 10.0. The van der Waals surface area contributed by atoms with E-state index in [-0.39, 0.29) is 22.2 Å². The summed E-state index contributed by atoms with van der Waals surface area (Å²) in [5.74, 6) is -0.445. The SMILES string of the molecule is CCCc1ccc(-c2ccc(C(F)(F)F)cc2F)nc1-c1nc2c(n1C)CN(CC)C(CF)=C2.CO.FCF.O.O. The first-order chi connectivity index (χ1) is 18.6. The fourth-order valence-corrected chi connectivity index (χ4v) is 4.24. The van der Waals surface area contributed by atoms with Gasteiger partial charge in [0.2, 0.25) is 6.93 Å². The van der Waals surface area contributed by atoms with Crippen LogP contribution in [-0.2, 0) is 26.2 Å². The molecule has 14 heteroatoms. The van der Waals surface area contributed by atoms with Gasteiger partial charge in [0.05, 0.1) is 29.2 Å². The predicted octanol–water partition coefficient (Wildman–Crippen LogP) is 5.25. The maximum Gasteiger partial charge on any atom is 0.416 e. The third-order valence-corrected chi connectivity index (χ3v) is 6.10. The number of halogens is 7. The van der Waals surface area contributed by atoms with E-state index in [1.807, 2.05) is 36.4 Å². The molecule has 0 saturated carbocycles. The van der Waals surface area contributed by atoms with Crippen molar-refractivity contribution in [1.29, 1.82) is 0 Å². The minimum absolute atomic E-state index is 0. The molecule has 0 fully saturated rings. The summed E-state index contributed by atoms with van der Waals surface area (Å²) >= 11 is 0. The van der Waals surface area contributed by atoms with E-state index in [0.717, 1.165) is 36.9 Å². The monoisotopic (exact) mass is 596 g/mol. The van der Waals surface area contributed by atoms with Gasteiger partial charge in [0, 0.05) is 32.0 Å². The Bertz CT molecular complexity index is 1280. The summed E-state index contributed by atoms with van der Waals surface area (Å²) in [4.78, 5) is 11.3. The lowest BCUT2D eigenvalue weighted by molar-refractivity contribution is -0.137. The van der Waals surface area contributed by atoms with Crippen molar-refractivity contribution in [1.82, 2.24) is 19.4 Å². The molecule has 3 aromatic rings. The molecule has 0 bridgehead atoms. The van der Waals surface area contributed by atoms with Crippen molar-refractivity contribution in [3.63, 3.8) is 0 Å². The highest BCUT2D eigenvalue weighted by Crippen LogP contribution is 2.35. The number of rotatable bonds is 6. The van der Waals surface area contributed by atoms with Crippen LogP contribution in [0.25, 0.3) is 28.9 Å². The maximum atomic E-state index is 14.7. The van der Waals surface area contributed by atoms with Gasteiger partial charge in [-0.2, -0.15) is 13.2 Å². The molecule has 1 aromatic carbocycles. The van der Waals surface area contributed by atoms with Crippen molar-refractivity contribution in [2.24, 2.45) is 7.05 Å². The Hall–Kier alpha value is -3.49. The summed E-state index contributed by atoms with van der Waals surface area (Å²) in [7, 11) is 2.85. The number of fused-ring (bicyclic) bond motifs is 1. The van der Waals surface area contributed by atoms with Gasteiger partial charge in [-0.25, -0.2) is 27.5 Å². The zero-order valence-electron chi connectivity index (χ0n) is 23.1. The second-order valence-electron chi connectivity index (χ2n) is 8.36. The van der Waals surface area contributed by atoms with E-state index in [0.29, 0.717) is 48.5 Å². The summed E-state index contributed by atoms with van der Waals surface area (Å²) in [6.07, 6.45) is -1.37. The molecule has 3 heterocycles. The zero-order valence-corrected chi connectivity index (χ0v) is 23.1. The third kappa shape index (κ3) is 8.50. The molecule has 0 spiro atoms. The van der Waals surface area contributed by atoms with Crippen LogP contribution < -0.4 is 0 Å². The number of imidazole rings is 1. The second-order valence-corrected chi connectivity index (χ2v) is 8.36. The van der Waals surface area contributed by atoms with Crippen LogP contribution in [0.2, 0.25) is 0 Å². The third-order valence-electron chi connectivity index (χ3n) is 6.10. The summed E-state index contributed by atoms with van der Waals surface area (Å²) in [6, 6.07) is 5.86. The lowest BCUT2D eigenvalue weighted by Crippen LogP contribution is -2.27. The summed E-state index contributed by atoms with van der Waals surface area (Å²) < 4.78 is 88.2. The first-order valence-electron chi connectivity index (χ1n) is 12.1. The van der Waals surface area contributed by atoms with Crippen molar-refractivity contribution >= 4 is 6.08 Å². The average molecular weight is 597 g/mol. The minimum atomic E-state index is -4.63. The number of nitrogens with zero attached hydrogens (tertiary/aromatic N) is 4. The van der Waals surface area contributed by atoms with Crippen molar-refractivity contribution < 1.29 is 46.8 Å². The Kier molecular flexibility index (Phi) is 15.3. The fourth-order valence-electron chi connectivity index (χ4n) is 4.24. The second kappa shape index (κ2) is 16.7. The molecular formula is C27H35F7N4O3. The Balaban J connectivity index is 0.00000215. The van der Waals surface area contributed by atoms with Gasteiger partial charge in [-0.3, -0.25) is 0 Å². The first kappa shape index (κ1) is 37.5. The van der Waals surface area contributed by atoms with E-state index in [1.165, 1.54) is 0 Å². The first-order valence-corrected chi connectivity index (χ1v) is 12.1. The van der Waals surface area contributed by atoms with Crippen LogP contribution in [0.3, 0.4) is 0 Å². The molecule has 0 saturated heterocycles. The molecule has 1 aliphatic heterocycles. The Morgan fingerprint density at radius 2 is 1.61 bits per heavy atom. The van der Waals surface area contributed by atoms with Gasteiger partial charge in [-0.05, 0) is 49.2 Å². The zero-order chi connectivity index (χ0) is 29.3. The molecule has 0 unspecified atom stereocenters. The number of aromatic nitrogens is 3. The fraction of sp³-hybridized carbons (Fsp3) is 0.407. The van der Waals surface area contributed by atoms with Crippen LogP contribution in [-0.4, -0.2) is 62.8 Å². The minimum Gasteiger partial charge on any atom is -0.412 e. The molecule has 0 aliphatic carbocycles. The average Bonchev–Trinajstić information content (AvgIpc) is 3.24. The normalized spacial score (nSPS) is 12.0. The molecule has 0 amide bonds. The molecule has 0 atom stereocenters. The number of hydrogen-bond donors (Lipinski definition) is 1. The van der Waals surface area contributed by atoms with Crippen molar-refractivity contribution in [3.8, 4) is 22.8 Å². The molecule has 2 aromatic heterocycles. The molecule has 1 aliphatic rings. The maximum absolute atomic E-state index is 14.7. The quantitative estimate of drug-likeness (QED) is 0.392. The van der Waals surface area contributed by atoms with E-state index in [1.54, 1.807) is 12.1 Å². The molecule has 41 heavy (non-hydrogen) atoms. The highest BCUT2D eigenvalue weighted by Gasteiger charge is 2.31. The molecule has 0 radical (unpaired) electrons. The van der Waals surface area contributed by atoms with Gasteiger partial charge in [-0.1, -0.05) is 19.4 Å². The van der Waals surface area contributed by atoms with Gasteiger partial charge in [-0.15, -0.1) is 0 Å². The Morgan fingerprint density at radius 3 is 2.12 bits per heavy atom. The predicted molar refractivity (Wildman–Crippen MR) is 143 cm³/mol. The van der Waals surface area contributed by atoms with Crippen LogP contribution in [0.15, 0.2) is 36.0 Å². The number of aliphatic hydroxyl groups is 1. The van der Waals surface area contributed by atoms with Gasteiger partial charge in [0.25, 0.3) is 0 Å². The molecular weight excluding hydrogens is 561 g/mol. The van der Waals surface area contributed by atoms with E-state index in [4.69, 9.17) is 10.1 Å². The largest absolute Gasteiger partial charge is 0.416 e. The van der Waals surface area contributed by atoms with Crippen molar-refractivity contribution in [2.45, 2.75) is 39.4 Å². The molecule has 5 N–H and O–H groups in total. The molecule has 4 rings (SSSR count). The highest BCUT2D eigenvalue weighted by atomic mass is 19.4. The van der Waals surface area contributed by atoms with Gasteiger partial charge in [0.15, 0.2) is 5.82 Å². The lowest BCUT2D eigenvalue weighted by Gasteiger charge is -2.28. The number of aryl methyl sites for hydroxylation is 1. The highest BCUT2D eigenvalue weighted by molar-refractivity contribution is 5.68. The Morgan fingerprint density at radius 1 is 0.976 bits per heavy atom. The van der Waals surface area contributed by atoms with Crippen molar-refractivity contribution in [2.75, 3.05) is 27.3 Å². The molecule has 7 nitrogen and oxygen atoms in total. The van der Waals surface area contributed by atoms with Crippen LogP contribution >= 0.6 is 0 Å². The van der Waals surface area contributed by atoms with E-state index < -0.39 is 31.2 Å². The number of allylic oxidation sites excluding steroid dienone is 1. The van der Waals surface area contributed by atoms with Crippen LogP contribution in [0.1, 0.15) is 42.8 Å². The molecule has 230 valence electrons. The van der Waals surface area contributed by atoms with Crippen molar-refractivity contribution in [3.05, 3.63) is 64.4 Å². The number of hydrogen-bond acceptors (Lipinski definition) is 4. The topological polar surface area (TPSA) is 117 Å². The summed E-state index contributed by atoms with van der Waals surface area (Å²) in [5, 5.41) is 7.00. The van der Waals surface area contributed by atoms with E-state index >= 15 is 0 Å². The standard InChI is InChI=1S/C25H25F5N4.CH2F2.CH4O.2H2O/c1-4-6-15-7-10-20(18-9-8-16(11-19(18)27)25(28,29)30)31-23(15)24-32-21-12-17(13-26)34(5-2)14-22(21)33(24)3;2-1-3;1-2;;/h7-12H,4-6,13-14H2,1-3H3;1H2;2H,1H3;2*1H2. The number of pyridine rings is 1. The number of alkyl halides is 6. The smallest absolute Gasteiger partial charge is 0.412 e. The summed E-state index contributed by atoms with van der Waals surface area (Å²) in [6.45, 7) is 2.78. The van der Waals surface area contributed by atoms with E-state index in [2.05, 4.69) is 4.98 Å². The van der Waals surface area contributed by atoms with Gasteiger partial charge < -0.3 is 25.5 Å². The Labute approximate surface area is 233 Å². The van der Waals surface area contributed by atoms with Crippen LogP contribution in [0.5, 0.6) is 0 Å². The van der Waals surface area contributed by atoms with Crippen LogP contribution in [0.4, 0.5) is 30.7 Å². The summed E-state index contributed by atoms with van der Waals surface area (Å²) in [5.41, 5.74) is 2.70. The van der Waals surface area contributed by atoms with Gasteiger partial charge >= 0.3 is 6.18 Å². The number of benzene rings is 1. The van der Waals surface area contributed by atoms with E-state index in [9.17, 15) is 30.7 Å². The van der Waals surface area contributed by atoms with Gasteiger partial charge in [0.1, 0.15) is 18.2 Å².